The minimum Gasteiger partial charge on any atom is -0.353 e. The van der Waals surface area contributed by atoms with Crippen LogP contribution in [0.15, 0.2) is 36.8 Å². The summed E-state index contributed by atoms with van der Waals surface area (Å²) < 4.78 is 13.1. The first-order valence-corrected chi connectivity index (χ1v) is 8.43. The summed E-state index contributed by atoms with van der Waals surface area (Å²) in [5.41, 5.74) is 0.415. The zero-order valence-electron chi connectivity index (χ0n) is 13.8. The highest BCUT2D eigenvalue weighted by atomic mass is 35.5. The molecule has 1 aromatic carbocycles. The zero-order valence-corrected chi connectivity index (χ0v) is 14.6. The summed E-state index contributed by atoms with van der Waals surface area (Å²) in [6.07, 6.45) is 5.05. The number of hydrogen-bond acceptors (Lipinski definition) is 5. The molecule has 2 heterocycles. The molecule has 132 valence electrons. The Balaban J connectivity index is 1.56. The highest BCUT2D eigenvalue weighted by Crippen LogP contribution is 2.23. The molecule has 25 heavy (non-hydrogen) atoms. The normalized spacial score (nSPS) is 16.5. The van der Waals surface area contributed by atoms with E-state index < -0.39 is 5.82 Å². The van der Waals surface area contributed by atoms with Gasteiger partial charge in [-0.15, -0.1) is 0 Å². The molecular weight excluding hydrogens is 345 g/mol. The summed E-state index contributed by atoms with van der Waals surface area (Å²) >= 11 is 5.96. The fourth-order valence-corrected chi connectivity index (χ4v) is 3.00. The predicted octanol–water partition coefficient (Wildman–Crippen LogP) is 2.42. The Morgan fingerprint density at radius 1 is 1.28 bits per heavy atom. The molecule has 1 aromatic heterocycles. The third-order valence-electron chi connectivity index (χ3n) is 4.30. The van der Waals surface area contributed by atoms with Gasteiger partial charge in [-0.2, -0.15) is 0 Å². The van der Waals surface area contributed by atoms with Crippen LogP contribution in [0.2, 0.25) is 5.02 Å². The van der Waals surface area contributed by atoms with Crippen LogP contribution in [-0.4, -0.2) is 53.0 Å². The molecule has 0 radical (unpaired) electrons. The summed E-state index contributed by atoms with van der Waals surface area (Å²) in [6.45, 7) is 4.87. The summed E-state index contributed by atoms with van der Waals surface area (Å²) in [5.74, 6) is 0.245. The van der Waals surface area contributed by atoms with Gasteiger partial charge in [0.1, 0.15) is 11.6 Å². The van der Waals surface area contributed by atoms with Gasteiger partial charge in [-0.3, -0.25) is 14.7 Å². The third-order valence-corrected chi connectivity index (χ3v) is 4.62. The molecule has 1 aliphatic rings. The van der Waals surface area contributed by atoms with E-state index >= 15 is 0 Å². The molecule has 6 nitrogen and oxygen atoms in total. The number of aromatic nitrogens is 2. The van der Waals surface area contributed by atoms with Crippen LogP contribution in [0.5, 0.6) is 0 Å². The van der Waals surface area contributed by atoms with E-state index in [0.717, 1.165) is 32.0 Å². The van der Waals surface area contributed by atoms with Gasteiger partial charge in [-0.1, -0.05) is 11.6 Å². The topological polar surface area (TPSA) is 61.4 Å². The Bertz CT molecular complexity index is 737. The van der Waals surface area contributed by atoms with Crippen molar-refractivity contribution < 1.29 is 9.18 Å². The largest absolute Gasteiger partial charge is 0.353 e. The van der Waals surface area contributed by atoms with Gasteiger partial charge < -0.3 is 10.2 Å². The summed E-state index contributed by atoms with van der Waals surface area (Å²) in [6, 6.07) is 3.60. The van der Waals surface area contributed by atoms with Crippen LogP contribution >= 0.6 is 11.6 Å². The van der Waals surface area contributed by atoms with E-state index in [1.807, 2.05) is 6.92 Å². The fourth-order valence-electron chi connectivity index (χ4n) is 2.79. The van der Waals surface area contributed by atoms with Gasteiger partial charge in [0.15, 0.2) is 0 Å². The number of nitrogens with zero attached hydrogens (tertiary/aromatic N) is 4. The molecule has 0 bridgehead atoms. The van der Waals surface area contributed by atoms with Crippen molar-refractivity contribution in [2.75, 3.05) is 36.4 Å². The third kappa shape index (κ3) is 4.24. The lowest BCUT2D eigenvalue weighted by atomic mass is 10.2. The minimum absolute atomic E-state index is 0.165. The average molecular weight is 364 g/mol. The Labute approximate surface area is 150 Å². The zero-order chi connectivity index (χ0) is 17.8. The van der Waals surface area contributed by atoms with Crippen molar-refractivity contribution in [3.63, 3.8) is 0 Å². The van der Waals surface area contributed by atoms with Gasteiger partial charge >= 0.3 is 0 Å². The van der Waals surface area contributed by atoms with Crippen molar-refractivity contribution in [2.24, 2.45) is 0 Å². The minimum atomic E-state index is -0.434. The number of nitrogens with one attached hydrogen (secondary N) is 1. The average Bonchev–Trinajstić information content (AvgIpc) is 2.64. The van der Waals surface area contributed by atoms with E-state index in [9.17, 15) is 9.18 Å². The number of carbonyl (C=O) groups is 1. The van der Waals surface area contributed by atoms with Crippen LogP contribution in [-0.2, 0) is 4.79 Å². The van der Waals surface area contributed by atoms with Crippen molar-refractivity contribution in [3.05, 3.63) is 47.6 Å². The molecule has 1 saturated heterocycles. The number of rotatable bonds is 4. The van der Waals surface area contributed by atoms with Gasteiger partial charge in [-0.25, -0.2) is 9.37 Å². The first-order chi connectivity index (χ1) is 12.0. The second kappa shape index (κ2) is 7.76. The number of benzene rings is 1. The molecule has 0 aliphatic carbocycles. The van der Waals surface area contributed by atoms with Crippen LogP contribution in [0.25, 0.3) is 0 Å². The maximum Gasteiger partial charge on any atom is 0.241 e. The molecular formula is C17H19ClFN5O. The SMILES string of the molecule is CC(C(=O)Nc1ccc(F)cc1Cl)N1CCN(c2cnccn2)CC1. The molecule has 1 unspecified atom stereocenters. The summed E-state index contributed by atoms with van der Waals surface area (Å²) in [7, 11) is 0. The van der Waals surface area contributed by atoms with E-state index in [1.165, 1.54) is 18.2 Å². The predicted molar refractivity (Wildman–Crippen MR) is 95.3 cm³/mol. The molecule has 1 aliphatic heterocycles. The lowest BCUT2D eigenvalue weighted by Gasteiger charge is -2.37. The smallest absolute Gasteiger partial charge is 0.241 e. The molecule has 1 N–H and O–H groups in total. The molecule has 0 saturated carbocycles. The van der Waals surface area contributed by atoms with Crippen LogP contribution in [0.3, 0.4) is 0 Å². The van der Waals surface area contributed by atoms with Crippen molar-refractivity contribution in [1.29, 1.82) is 0 Å². The Morgan fingerprint density at radius 3 is 2.68 bits per heavy atom. The Morgan fingerprint density at radius 2 is 2.04 bits per heavy atom. The number of amides is 1. The number of hydrogen-bond donors (Lipinski definition) is 1. The van der Waals surface area contributed by atoms with Crippen LogP contribution in [0.1, 0.15) is 6.92 Å². The van der Waals surface area contributed by atoms with Gasteiger partial charge in [-0.05, 0) is 25.1 Å². The van der Waals surface area contributed by atoms with E-state index in [-0.39, 0.29) is 17.0 Å². The second-order valence-corrected chi connectivity index (χ2v) is 6.28. The molecule has 1 fully saturated rings. The van der Waals surface area contributed by atoms with Crippen LogP contribution in [0.4, 0.5) is 15.9 Å². The maximum absolute atomic E-state index is 13.1. The monoisotopic (exact) mass is 363 g/mol. The van der Waals surface area contributed by atoms with Crippen LogP contribution in [0, 0.1) is 5.82 Å². The highest BCUT2D eigenvalue weighted by molar-refractivity contribution is 6.33. The van der Waals surface area contributed by atoms with Gasteiger partial charge in [0.2, 0.25) is 5.91 Å². The lowest BCUT2D eigenvalue weighted by Crippen LogP contribution is -2.53. The van der Waals surface area contributed by atoms with E-state index in [2.05, 4.69) is 25.1 Å². The number of anilines is 2. The number of halogens is 2. The van der Waals surface area contributed by atoms with E-state index in [4.69, 9.17) is 11.6 Å². The van der Waals surface area contributed by atoms with Crippen molar-refractivity contribution >= 4 is 29.0 Å². The van der Waals surface area contributed by atoms with Crippen molar-refractivity contribution in [2.45, 2.75) is 13.0 Å². The molecule has 8 heteroatoms. The van der Waals surface area contributed by atoms with Gasteiger partial charge in [0.05, 0.1) is 22.9 Å². The number of carbonyl (C=O) groups excluding carboxylic acids is 1. The maximum atomic E-state index is 13.1. The quantitative estimate of drug-likeness (QED) is 0.904. The van der Waals surface area contributed by atoms with Crippen LogP contribution < -0.4 is 10.2 Å². The molecule has 1 atom stereocenters. The standard InChI is InChI=1S/C17H19ClFN5O/c1-12(17(25)22-15-3-2-13(19)10-14(15)18)23-6-8-24(9-7-23)16-11-20-4-5-21-16/h2-5,10-12H,6-9H2,1H3,(H,22,25). The van der Waals surface area contributed by atoms with E-state index in [1.54, 1.807) is 18.6 Å². The Hall–Kier alpha value is -2.25. The van der Waals surface area contributed by atoms with Gasteiger partial charge in [0, 0.05) is 38.6 Å². The molecule has 2 aromatic rings. The summed E-state index contributed by atoms with van der Waals surface area (Å²) in [5, 5.41) is 2.95. The van der Waals surface area contributed by atoms with E-state index in [0.29, 0.717) is 5.69 Å². The molecule has 1 amide bonds. The second-order valence-electron chi connectivity index (χ2n) is 5.88. The van der Waals surface area contributed by atoms with Crippen molar-refractivity contribution in [3.8, 4) is 0 Å². The number of piperazine rings is 1. The summed E-state index contributed by atoms with van der Waals surface area (Å²) in [4.78, 5) is 25.1. The first-order valence-electron chi connectivity index (χ1n) is 8.05. The first kappa shape index (κ1) is 17.6. The fraction of sp³-hybridized carbons (Fsp3) is 0.353. The molecule has 0 spiro atoms. The Kier molecular flexibility index (Phi) is 5.45. The lowest BCUT2D eigenvalue weighted by molar-refractivity contribution is -0.120. The van der Waals surface area contributed by atoms with Crippen molar-refractivity contribution in [1.82, 2.24) is 14.9 Å². The highest BCUT2D eigenvalue weighted by Gasteiger charge is 2.26. The van der Waals surface area contributed by atoms with Gasteiger partial charge in [0.25, 0.3) is 0 Å². The molecule has 3 rings (SSSR count).